The summed E-state index contributed by atoms with van der Waals surface area (Å²) in [6.45, 7) is 5.63. The molecule has 2 nitrogen and oxygen atoms in total. The standard InChI is InChI=1S/C10H15F3N2/c1-4-7(3)15-8(5-2)6-9(14-15)10(11,12)13/h6-7H,4-5H2,1-3H3. The summed E-state index contributed by atoms with van der Waals surface area (Å²) in [5, 5.41) is 3.61. The summed E-state index contributed by atoms with van der Waals surface area (Å²) < 4.78 is 38.7. The minimum atomic E-state index is -4.34. The molecule has 0 bridgehead atoms. The van der Waals surface area contributed by atoms with Gasteiger partial charge in [0.25, 0.3) is 0 Å². The van der Waals surface area contributed by atoms with E-state index in [0.717, 1.165) is 12.5 Å². The highest BCUT2D eigenvalue weighted by Crippen LogP contribution is 2.29. The molecule has 1 aromatic heterocycles. The normalized spacial score (nSPS) is 14.3. The van der Waals surface area contributed by atoms with E-state index >= 15 is 0 Å². The van der Waals surface area contributed by atoms with Crippen LogP contribution in [0, 0.1) is 0 Å². The van der Waals surface area contributed by atoms with Crippen LogP contribution in [0.3, 0.4) is 0 Å². The lowest BCUT2D eigenvalue weighted by Crippen LogP contribution is -2.11. The second-order valence-corrected chi connectivity index (χ2v) is 3.57. The van der Waals surface area contributed by atoms with Crippen LogP contribution in [-0.4, -0.2) is 9.78 Å². The summed E-state index contributed by atoms with van der Waals surface area (Å²) in [5.41, 5.74) is -0.156. The van der Waals surface area contributed by atoms with Crippen molar-refractivity contribution in [3.8, 4) is 0 Å². The van der Waals surface area contributed by atoms with Crippen LogP contribution in [0.2, 0.25) is 0 Å². The van der Waals surface area contributed by atoms with Crippen LogP contribution in [-0.2, 0) is 12.6 Å². The van der Waals surface area contributed by atoms with E-state index in [0.29, 0.717) is 12.1 Å². The maximum Gasteiger partial charge on any atom is 0.435 e. The average Bonchev–Trinajstić information content (AvgIpc) is 2.59. The van der Waals surface area contributed by atoms with Crippen molar-refractivity contribution in [1.82, 2.24) is 9.78 Å². The molecular weight excluding hydrogens is 205 g/mol. The first-order valence-electron chi connectivity index (χ1n) is 5.05. The number of aryl methyl sites for hydroxylation is 1. The van der Waals surface area contributed by atoms with Crippen LogP contribution in [0.5, 0.6) is 0 Å². The zero-order chi connectivity index (χ0) is 11.6. The van der Waals surface area contributed by atoms with Gasteiger partial charge in [0.05, 0.1) is 0 Å². The van der Waals surface area contributed by atoms with Gasteiger partial charge in [0, 0.05) is 11.7 Å². The van der Waals surface area contributed by atoms with Crippen LogP contribution in [0.1, 0.15) is 44.6 Å². The Morgan fingerprint density at radius 3 is 2.40 bits per heavy atom. The Morgan fingerprint density at radius 1 is 1.40 bits per heavy atom. The van der Waals surface area contributed by atoms with Gasteiger partial charge in [-0.1, -0.05) is 13.8 Å². The highest BCUT2D eigenvalue weighted by atomic mass is 19.4. The molecule has 1 aromatic rings. The zero-order valence-corrected chi connectivity index (χ0v) is 9.10. The molecule has 0 radical (unpaired) electrons. The highest BCUT2D eigenvalue weighted by molar-refractivity contribution is 5.13. The van der Waals surface area contributed by atoms with Crippen molar-refractivity contribution in [3.05, 3.63) is 17.5 Å². The first-order valence-corrected chi connectivity index (χ1v) is 5.05. The topological polar surface area (TPSA) is 17.8 Å². The third-order valence-electron chi connectivity index (χ3n) is 2.47. The van der Waals surface area contributed by atoms with E-state index < -0.39 is 11.9 Å². The van der Waals surface area contributed by atoms with Gasteiger partial charge < -0.3 is 0 Å². The average molecular weight is 220 g/mol. The third-order valence-corrected chi connectivity index (χ3v) is 2.47. The van der Waals surface area contributed by atoms with Gasteiger partial charge >= 0.3 is 6.18 Å². The molecular formula is C10H15F3N2. The molecule has 1 heterocycles. The SMILES string of the molecule is CCc1cc(C(F)(F)F)nn1C(C)CC. The number of rotatable bonds is 3. The summed E-state index contributed by atoms with van der Waals surface area (Å²) in [6.07, 6.45) is -3.01. The first kappa shape index (κ1) is 12.1. The van der Waals surface area contributed by atoms with E-state index in [1.807, 2.05) is 20.8 Å². The zero-order valence-electron chi connectivity index (χ0n) is 9.10. The molecule has 1 unspecified atom stereocenters. The van der Waals surface area contributed by atoms with Gasteiger partial charge in [-0.15, -0.1) is 0 Å². The Kier molecular flexibility index (Phi) is 3.42. The predicted octanol–water partition coefficient (Wildman–Crippen LogP) is 3.44. The maximum absolute atomic E-state index is 12.4. The largest absolute Gasteiger partial charge is 0.435 e. The quantitative estimate of drug-likeness (QED) is 0.763. The smallest absolute Gasteiger partial charge is 0.266 e. The second kappa shape index (κ2) is 4.24. The second-order valence-electron chi connectivity index (χ2n) is 3.57. The molecule has 5 heteroatoms. The van der Waals surface area contributed by atoms with Gasteiger partial charge in [-0.3, -0.25) is 4.68 Å². The van der Waals surface area contributed by atoms with E-state index in [4.69, 9.17) is 0 Å². The fourth-order valence-corrected chi connectivity index (χ4v) is 1.39. The Hall–Kier alpha value is -1.00. The Labute approximate surface area is 87.1 Å². The van der Waals surface area contributed by atoms with Crippen molar-refractivity contribution in [3.63, 3.8) is 0 Å². The van der Waals surface area contributed by atoms with Crippen LogP contribution >= 0.6 is 0 Å². The predicted molar refractivity (Wildman–Crippen MR) is 51.6 cm³/mol. The van der Waals surface area contributed by atoms with E-state index in [-0.39, 0.29) is 6.04 Å². The summed E-state index contributed by atoms with van der Waals surface area (Å²) >= 11 is 0. The number of aromatic nitrogens is 2. The van der Waals surface area contributed by atoms with Crippen LogP contribution in [0.15, 0.2) is 6.07 Å². The molecule has 0 aliphatic carbocycles. The third kappa shape index (κ3) is 2.52. The summed E-state index contributed by atoms with van der Waals surface area (Å²) in [4.78, 5) is 0. The Bertz CT molecular complexity index is 328. The fourth-order valence-electron chi connectivity index (χ4n) is 1.39. The van der Waals surface area contributed by atoms with Gasteiger partial charge in [0.15, 0.2) is 5.69 Å². The molecule has 0 N–H and O–H groups in total. The van der Waals surface area contributed by atoms with Crippen molar-refractivity contribution in [2.24, 2.45) is 0 Å². The van der Waals surface area contributed by atoms with Crippen LogP contribution < -0.4 is 0 Å². The maximum atomic E-state index is 12.4. The molecule has 0 saturated carbocycles. The Balaban J connectivity index is 3.11. The molecule has 0 aliphatic heterocycles. The lowest BCUT2D eigenvalue weighted by molar-refractivity contribution is -0.141. The lowest BCUT2D eigenvalue weighted by Gasteiger charge is -2.12. The minimum absolute atomic E-state index is 0.0102. The Morgan fingerprint density at radius 2 is 2.00 bits per heavy atom. The molecule has 1 rings (SSSR count). The molecule has 0 spiro atoms. The number of halogens is 3. The van der Waals surface area contributed by atoms with Crippen LogP contribution in [0.25, 0.3) is 0 Å². The van der Waals surface area contributed by atoms with E-state index in [1.165, 1.54) is 4.68 Å². The minimum Gasteiger partial charge on any atom is -0.266 e. The molecule has 86 valence electrons. The van der Waals surface area contributed by atoms with Crippen molar-refractivity contribution >= 4 is 0 Å². The summed E-state index contributed by atoms with van der Waals surface area (Å²) in [6, 6.07) is 1.14. The van der Waals surface area contributed by atoms with Crippen LogP contribution in [0.4, 0.5) is 13.2 Å². The lowest BCUT2D eigenvalue weighted by atomic mass is 10.2. The number of alkyl halides is 3. The van der Waals surface area contributed by atoms with Gasteiger partial charge in [0.2, 0.25) is 0 Å². The molecule has 0 fully saturated rings. The van der Waals surface area contributed by atoms with E-state index in [2.05, 4.69) is 5.10 Å². The van der Waals surface area contributed by atoms with E-state index in [1.54, 1.807) is 0 Å². The molecule has 1 atom stereocenters. The molecule has 0 saturated heterocycles. The van der Waals surface area contributed by atoms with Crippen molar-refractivity contribution in [2.75, 3.05) is 0 Å². The van der Waals surface area contributed by atoms with Gasteiger partial charge in [-0.2, -0.15) is 18.3 Å². The number of hydrogen-bond acceptors (Lipinski definition) is 1. The molecule has 0 amide bonds. The van der Waals surface area contributed by atoms with Gasteiger partial charge in [-0.25, -0.2) is 0 Å². The van der Waals surface area contributed by atoms with Crippen molar-refractivity contribution in [1.29, 1.82) is 0 Å². The highest BCUT2D eigenvalue weighted by Gasteiger charge is 2.34. The first-order chi connectivity index (χ1) is 6.90. The van der Waals surface area contributed by atoms with Crippen molar-refractivity contribution < 1.29 is 13.2 Å². The number of hydrogen-bond donors (Lipinski definition) is 0. The molecule has 15 heavy (non-hydrogen) atoms. The van der Waals surface area contributed by atoms with Crippen molar-refractivity contribution in [2.45, 2.75) is 45.8 Å². The van der Waals surface area contributed by atoms with Gasteiger partial charge in [0.1, 0.15) is 0 Å². The number of nitrogens with zero attached hydrogens (tertiary/aromatic N) is 2. The molecule has 0 aromatic carbocycles. The summed E-state index contributed by atoms with van der Waals surface area (Å²) in [5.74, 6) is 0. The summed E-state index contributed by atoms with van der Waals surface area (Å²) in [7, 11) is 0. The monoisotopic (exact) mass is 220 g/mol. The van der Waals surface area contributed by atoms with E-state index in [9.17, 15) is 13.2 Å². The fraction of sp³-hybridized carbons (Fsp3) is 0.700. The molecule has 0 aliphatic rings. The van der Waals surface area contributed by atoms with Gasteiger partial charge in [-0.05, 0) is 25.8 Å².